The number of carbonyl (C=O) groups is 2. The molecular weight excluding hydrogens is 374 g/mol. The Labute approximate surface area is 167 Å². The maximum Gasteiger partial charge on any atom is 0.340 e. The summed E-state index contributed by atoms with van der Waals surface area (Å²) in [5.74, 6) is -0.711. The summed E-state index contributed by atoms with van der Waals surface area (Å²) >= 11 is 0. The van der Waals surface area contributed by atoms with Gasteiger partial charge >= 0.3 is 5.97 Å². The number of aromatic carboxylic acids is 1. The van der Waals surface area contributed by atoms with Gasteiger partial charge in [-0.1, -0.05) is 12.1 Å². The molecule has 3 aromatic rings. The quantitative estimate of drug-likeness (QED) is 0.495. The van der Waals surface area contributed by atoms with Crippen molar-refractivity contribution in [3.05, 3.63) is 52.9 Å². The van der Waals surface area contributed by atoms with Gasteiger partial charge in [0.05, 0.1) is 5.56 Å². The predicted octanol–water partition coefficient (Wildman–Crippen LogP) is 3.53. The Morgan fingerprint density at radius 1 is 1.21 bits per heavy atom. The van der Waals surface area contributed by atoms with Gasteiger partial charge in [-0.15, -0.1) is 0 Å². The van der Waals surface area contributed by atoms with E-state index in [1.165, 1.54) is 6.20 Å². The standard InChI is InChI=1S/C21H23N3O5/c1-3-14-17(29-23-19(14)12-5-7-13(25)8-6-12)10-9-16(26)15-11-24(4-2)20(22)18(15)21(27)28/h5-8,11,25H,3-4,9-10,22H2,1-2H3,(H,27,28). The van der Waals surface area contributed by atoms with Crippen molar-refractivity contribution in [3.63, 3.8) is 0 Å². The van der Waals surface area contributed by atoms with Crippen LogP contribution in [0.5, 0.6) is 5.75 Å². The highest BCUT2D eigenvalue weighted by Crippen LogP contribution is 2.29. The molecule has 0 unspecified atom stereocenters. The van der Waals surface area contributed by atoms with Crippen molar-refractivity contribution in [2.75, 3.05) is 5.73 Å². The highest BCUT2D eigenvalue weighted by Gasteiger charge is 2.25. The van der Waals surface area contributed by atoms with E-state index in [1.807, 2.05) is 13.8 Å². The molecule has 0 saturated heterocycles. The Kier molecular flexibility index (Phi) is 5.72. The van der Waals surface area contributed by atoms with Crippen LogP contribution in [0.4, 0.5) is 5.82 Å². The number of rotatable bonds is 8. The molecule has 2 heterocycles. The molecule has 0 radical (unpaired) electrons. The zero-order valence-electron chi connectivity index (χ0n) is 16.3. The number of hydrogen-bond donors (Lipinski definition) is 3. The number of anilines is 1. The highest BCUT2D eigenvalue weighted by atomic mass is 16.5. The van der Waals surface area contributed by atoms with Crippen LogP contribution in [-0.4, -0.2) is 31.7 Å². The fraction of sp³-hybridized carbons (Fsp3) is 0.286. The number of carbonyl (C=O) groups excluding carboxylic acids is 1. The number of aromatic nitrogens is 2. The van der Waals surface area contributed by atoms with E-state index in [1.54, 1.807) is 28.8 Å². The number of ketones is 1. The maximum atomic E-state index is 12.7. The highest BCUT2D eigenvalue weighted by molar-refractivity contribution is 6.08. The van der Waals surface area contributed by atoms with E-state index >= 15 is 0 Å². The minimum atomic E-state index is -1.22. The number of aryl methyl sites for hydroxylation is 2. The van der Waals surface area contributed by atoms with E-state index in [9.17, 15) is 19.8 Å². The number of carboxylic acids is 1. The second kappa shape index (κ2) is 8.22. The lowest BCUT2D eigenvalue weighted by atomic mass is 9.99. The Balaban J connectivity index is 1.83. The van der Waals surface area contributed by atoms with Crippen molar-refractivity contribution in [2.24, 2.45) is 0 Å². The fourth-order valence-electron chi connectivity index (χ4n) is 3.38. The molecule has 29 heavy (non-hydrogen) atoms. The molecule has 0 aliphatic carbocycles. The van der Waals surface area contributed by atoms with E-state index in [0.29, 0.717) is 30.8 Å². The van der Waals surface area contributed by atoms with Crippen LogP contribution in [0.2, 0.25) is 0 Å². The van der Waals surface area contributed by atoms with Gasteiger partial charge in [-0.2, -0.15) is 0 Å². The molecule has 0 aliphatic heterocycles. The minimum Gasteiger partial charge on any atom is -0.508 e. The van der Waals surface area contributed by atoms with E-state index < -0.39 is 5.97 Å². The Bertz CT molecular complexity index is 1050. The van der Waals surface area contributed by atoms with Gasteiger partial charge in [0, 0.05) is 36.7 Å². The minimum absolute atomic E-state index is 0.0741. The molecule has 8 nitrogen and oxygen atoms in total. The number of nitrogens with two attached hydrogens (primary N) is 1. The summed E-state index contributed by atoms with van der Waals surface area (Å²) < 4.78 is 7.02. The molecule has 8 heteroatoms. The SMILES string of the molecule is CCc1c(-c2ccc(O)cc2)noc1CCC(=O)c1cn(CC)c(N)c1C(=O)O. The van der Waals surface area contributed by atoms with Gasteiger partial charge in [-0.3, -0.25) is 4.79 Å². The molecule has 0 amide bonds. The van der Waals surface area contributed by atoms with Crippen molar-refractivity contribution in [2.45, 2.75) is 39.7 Å². The third-order valence-electron chi connectivity index (χ3n) is 4.92. The first-order valence-corrected chi connectivity index (χ1v) is 9.39. The number of nitrogens with zero attached hydrogens (tertiary/aromatic N) is 2. The summed E-state index contributed by atoms with van der Waals surface area (Å²) in [6.45, 7) is 4.26. The normalized spacial score (nSPS) is 11.0. The molecule has 0 atom stereocenters. The topological polar surface area (TPSA) is 132 Å². The van der Waals surface area contributed by atoms with E-state index in [-0.39, 0.29) is 34.9 Å². The summed E-state index contributed by atoms with van der Waals surface area (Å²) in [5, 5.41) is 23.0. The molecule has 0 saturated carbocycles. The number of carboxylic acid groups (broad SMARTS) is 1. The molecule has 0 bridgehead atoms. The molecule has 2 aromatic heterocycles. The average molecular weight is 397 g/mol. The zero-order valence-corrected chi connectivity index (χ0v) is 16.3. The van der Waals surface area contributed by atoms with Crippen molar-refractivity contribution in [1.82, 2.24) is 9.72 Å². The van der Waals surface area contributed by atoms with Crippen LogP contribution in [-0.2, 0) is 19.4 Å². The second-order valence-electron chi connectivity index (χ2n) is 6.65. The van der Waals surface area contributed by atoms with Crippen LogP contribution in [0.15, 0.2) is 35.0 Å². The number of hydrogen-bond acceptors (Lipinski definition) is 6. The number of phenolic OH excluding ortho intramolecular Hbond substituents is 1. The first kappa shape index (κ1) is 20.2. The number of benzene rings is 1. The number of phenols is 1. The molecule has 4 N–H and O–H groups in total. The molecule has 152 valence electrons. The van der Waals surface area contributed by atoms with Crippen molar-refractivity contribution < 1.29 is 24.3 Å². The van der Waals surface area contributed by atoms with Gasteiger partial charge in [0.1, 0.15) is 28.6 Å². The third kappa shape index (κ3) is 3.87. The summed E-state index contributed by atoms with van der Waals surface area (Å²) in [4.78, 5) is 24.3. The molecule has 0 aliphatic rings. The van der Waals surface area contributed by atoms with Gasteiger partial charge in [0.2, 0.25) is 0 Å². The van der Waals surface area contributed by atoms with Crippen LogP contribution >= 0.6 is 0 Å². The lowest BCUT2D eigenvalue weighted by molar-refractivity contribution is 0.0693. The smallest absolute Gasteiger partial charge is 0.340 e. The predicted molar refractivity (Wildman–Crippen MR) is 107 cm³/mol. The summed E-state index contributed by atoms with van der Waals surface area (Å²) in [7, 11) is 0. The van der Waals surface area contributed by atoms with Crippen molar-refractivity contribution in [1.29, 1.82) is 0 Å². The molecule has 1 aromatic carbocycles. The van der Waals surface area contributed by atoms with Gasteiger partial charge in [0.25, 0.3) is 0 Å². The van der Waals surface area contributed by atoms with Gasteiger partial charge in [-0.25, -0.2) is 4.79 Å². The van der Waals surface area contributed by atoms with Crippen LogP contribution < -0.4 is 5.73 Å². The van der Waals surface area contributed by atoms with E-state index in [2.05, 4.69) is 5.16 Å². The van der Waals surface area contributed by atoms with Gasteiger partial charge < -0.3 is 25.0 Å². The lowest BCUT2D eigenvalue weighted by Crippen LogP contribution is -2.09. The van der Waals surface area contributed by atoms with E-state index in [4.69, 9.17) is 10.3 Å². The second-order valence-corrected chi connectivity index (χ2v) is 6.65. The fourth-order valence-corrected chi connectivity index (χ4v) is 3.38. The molecule has 3 rings (SSSR count). The van der Waals surface area contributed by atoms with Gasteiger partial charge in [0.15, 0.2) is 5.78 Å². The van der Waals surface area contributed by atoms with Crippen LogP contribution in [0.1, 0.15) is 52.3 Å². The summed E-state index contributed by atoms with van der Waals surface area (Å²) in [5.41, 5.74) is 8.17. The maximum absolute atomic E-state index is 12.7. The van der Waals surface area contributed by atoms with Crippen molar-refractivity contribution >= 4 is 17.6 Å². The molecule has 0 fully saturated rings. The summed E-state index contributed by atoms with van der Waals surface area (Å²) in [6, 6.07) is 6.64. The number of aromatic hydroxyl groups is 1. The van der Waals surface area contributed by atoms with Crippen LogP contribution in [0, 0.1) is 0 Å². The van der Waals surface area contributed by atoms with Crippen molar-refractivity contribution in [3.8, 4) is 17.0 Å². The Morgan fingerprint density at radius 2 is 1.90 bits per heavy atom. The van der Waals surface area contributed by atoms with Gasteiger partial charge in [-0.05, 0) is 37.6 Å². The lowest BCUT2D eigenvalue weighted by Gasteiger charge is -2.03. The summed E-state index contributed by atoms with van der Waals surface area (Å²) in [6.07, 6.45) is 2.51. The Hall–Kier alpha value is -3.55. The zero-order chi connectivity index (χ0) is 21.1. The third-order valence-corrected chi connectivity index (χ3v) is 4.92. The average Bonchev–Trinajstić information content (AvgIpc) is 3.27. The van der Waals surface area contributed by atoms with E-state index in [0.717, 1.165) is 11.1 Å². The number of nitrogen functional groups attached to an aromatic ring is 1. The first-order chi connectivity index (χ1) is 13.9. The number of Topliss-reactive ketones (excluding diaryl/α,β-unsaturated/α-hetero) is 1. The van der Waals surface area contributed by atoms with Crippen LogP contribution in [0.3, 0.4) is 0 Å². The molecular formula is C21H23N3O5. The first-order valence-electron chi connectivity index (χ1n) is 9.39. The van der Waals surface area contributed by atoms with Crippen LogP contribution in [0.25, 0.3) is 11.3 Å². The largest absolute Gasteiger partial charge is 0.508 e. The monoisotopic (exact) mass is 397 g/mol. The molecule has 0 spiro atoms. The Morgan fingerprint density at radius 3 is 2.48 bits per heavy atom.